The summed E-state index contributed by atoms with van der Waals surface area (Å²) < 4.78 is 13.6. The average molecular weight is 320 g/mol. The summed E-state index contributed by atoms with van der Waals surface area (Å²) in [5, 5.41) is 2.45. The van der Waals surface area contributed by atoms with Gasteiger partial charge in [-0.1, -0.05) is 37.3 Å². The zero-order chi connectivity index (χ0) is 16.6. The van der Waals surface area contributed by atoms with Crippen LogP contribution in [0.15, 0.2) is 60.9 Å². The Morgan fingerprint density at radius 1 is 1.17 bits per heavy atom. The minimum absolute atomic E-state index is 0.0221. The lowest BCUT2D eigenvalue weighted by Gasteiger charge is -2.25. The van der Waals surface area contributed by atoms with Crippen molar-refractivity contribution in [1.82, 2.24) is 9.88 Å². The molecule has 0 aliphatic carbocycles. The van der Waals surface area contributed by atoms with Gasteiger partial charge in [-0.3, -0.25) is 9.88 Å². The average Bonchev–Trinajstić information content (AvgIpc) is 2.98. The molecule has 3 heteroatoms. The molecule has 1 saturated heterocycles. The second-order valence-electron chi connectivity index (χ2n) is 7.05. The van der Waals surface area contributed by atoms with Crippen molar-refractivity contribution >= 4 is 10.8 Å². The third-order valence-corrected chi connectivity index (χ3v) is 5.24. The highest BCUT2D eigenvalue weighted by Gasteiger charge is 2.35. The van der Waals surface area contributed by atoms with E-state index in [1.807, 2.05) is 18.5 Å². The standard InChI is InChI=1S/C21H21FN2/c1-21(18-6-3-7-19(22)12-18)9-11-24(15-21)14-17-5-2-4-16-13-23-10-8-20(16)17/h2-8,10,12-13H,9,11,14-15H2,1H3. The van der Waals surface area contributed by atoms with Crippen LogP contribution < -0.4 is 0 Å². The molecule has 1 aromatic heterocycles. The maximum absolute atomic E-state index is 13.6. The number of benzene rings is 2. The smallest absolute Gasteiger partial charge is 0.123 e. The highest BCUT2D eigenvalue weighted by Crippen LogP contribution is 2.35. The summed E-state index contributed by atoms with van der Waals surface area (Å²) >= 11 is 0. The molecule has 1 atom stereocenters. The van der Waals surface area contributed by atoms with Gasteiger partial charge in [-0.25, -0.2) is 4.39 Å². The highest BCUT2D eigenvalue weighted by atomic mass is 19.1. The Bertz CT molecular complexity index is 871. The van der Waals surface area contributed by atoms with E-state index in [9.17, 15) is 4.39 Å². The van der Waals surface area contributed by atoms with Crippen molar-refractivity contribution in [3.63, 3.8) is 0 Å². The Hall–Kier alpha value is -2.26. The Kier molecular flexibility index (Phi) is 3.81. The predicted molar refractivity (Wildman–Crippen MR) is 95.4 cm³/mol. The third-order valence-electron chi connectivity index (χ3n) is 5.24. The van der Waals surface area contributed by atoms with Crippen LogP contribution in [-0.2, 0) is 12.0 Å². The summed E-state index contributed by atoms with van der Waals surface area (Å²) in [4.78, 5) is 6.68. The van der Waals surface area contributed by atoms with Crippen LogP contribution in [-0.4, -0.2) is 23.0 Å². The molecule has 24 heavy (non-hydrogen) atoms. The van der Waals surface area contributed by atoms with Crippen molar-refractivity contribution in [2.45, 2.75) is 25.3 Å². The fourth-order valence-corrected chi connectivity index (χ4v) is 3.86. The molecule has 122 valence electrons. The van der Waals surface area contributed by atoms with Gasteiger partial charge in [-0.05, 0) is 47.7 Å². The zero-order valence-corrected chi connectivity index (χ0v) is 13.9. The van der Waals surface area contributed by atoms with Crippen LogP contribution in [0.5, 0.6) is 0 Å². The molecule has 0 amide bonds. The van der Waals surface area contributed by atoms with Crippen LogP contribution in [0.2, 0.25) is 0 Å². The van der Waals surface area contributed by atoms with E-state index in [4.69, 9.17) is 0 Å². The Morgan fingerprint density at radius 3 is 2.92 bits per heavy atom. The maximum atomic E-state index is 13.6. The predicted octanol–water partition coefficient (Wildman–Crippen LogP) is 4.54. The summed E-state index contributed by atoms with van der Waals surface area (Å²) in [7, 11) is 0. The molecule has 0 N–H and O–H groups in total. The van der Waals surface area contributed by atoms with E-state index in [2.05, 4.69) is 47.1 Å². The Labute approximate surface area is 141 Å². The Balaban J connectivity index is 1.57. The SMILES string of the molecule is CC1(c2cccc(F)c2)CCN(Cc2cccc3cnccc23)C1. The second-order valence-corrected chi connectivity index (χ2v) is 7.05. The van der Waals surface area contributed by atoms with Gasteiger partial charge in [0.05, 0.1) is 0 Å². The first-order valence-corrected chi connectivity index (χ1v) is 8.44. The minimum atomic E-state index is -0.145. The van der Waals surface area contributed by atoms with E-state index in [0.29, 0.717) is 0 Å². The Morgan fingerprint density at radius 2 is 2.04 bits per heavy atom. The van der Waals surface area contributed by atoms with Crippen LogP contribution in [0.4, 0.5) is 4.39 Å². The lowest BCUT2D eigenvalue weighted by molar-refractivity contribution is 0.310. The van der Waals surface area contributed by atoms with E-state index in [-0.39, 0.29) is 11.2 Å². The van der Waals surface area contributed by atoms with Crippen molar-refractivity contribution in [3.8, 4) is 0 Å². The number of pyridine rings is 1. The van der Waals surface area contributed by atoms with E-state index in [1.165, 1.54) is 22.4 Å². The molecule has 1 fully saturated rings. The molecular formula is C21H21FN2. The quantitative estimate of drug-likeness (QED) is 0.704. The molecular weight excluding hydrogens is 299 g/mol. The molecule has 1 unspecified atom stereocenters. The first-order valence-electron chi connectivity index (χ1n) is 8.44. The summed E-state index contributed by atoms with van der Waals surface area (Å²) in [6, 6.07) is 15.6. The fourth-order valence-electron chi connectivity index (χ4n) is 3.86. The van der Waals surface area contributed by atoms with Gasteiger partial charge >= 0.3 is 0 Å². The highest BCUT2D eigenvalue weighted by molar-refractivity contribution is 5.84. The number of halogens is 1. The van der Waals surface area contributed by atoms with E-state index in [0.717, 1.165) is 31.6 Å². The maximum Gasteiger partial charge on any atom is 0.123 e. The topological polar surface area (TPSA) is 16.1 Å². The lowest BCUT2D eigenvalue weighted by atomic mass is 9.82. The van der Waals surface area contributed by atoms with E-state index < -0.39 is 0 Å². The number of hydrogen-bond acceptors (Lipinski definition) is 2. The largest absolute Gasteiger partial charge is 0.298 e. The van der Waals surface area contributed by atoms with Gasteiger partial charge in [-0.15, -0.1) is 0 Å². The molecule has 0 spiro atoms. The number of nitrogens with zero attached hydrogens (tertiary/aromatic N) is 2. The summed E-state index contributed by atoms with van der Waals surface area (Å²) in [6.45, 7) is 5.16. The van der Waals surface area contributed by atoms with Crippen LogP contribution in [0.3, 0.4) is 0 Å². The lowest BCUT2D eigenvalue weighted by Crippen LogP contribution is -2.28. The molecule has 3 aromatic rings. The van der Waals surface area contributed by atoms with Gasteiger partial charge in [0.1, 0.15) is 5.82 Å². The van der Waals surface area contributed by atoms with Crippen molar-refractivity contribution in [3.05, 3.63) is 77.9 Å². The summed E-state index contributed by atoms with van der Waals surface area (Å²) in [5.41, 5.74) is 2.46. The second kappa shape index (κ2) is 5.99. The number of aromatic nitrogens is 1. The third kappa shape index (κ3) is 2.80. The number of likely N-dealkylation sites (tertiary alicyclic amines) is 1. The molecule has 0 bridgehead atoms. The molecule has 2 aromatic carbocycles. The molecule has 2 heterocycles. The van der Waals surface area contributed by atoms with E-state index >= 15 is 0 Å². The summed E-state index contributed by atoms with van der Waals surface area (Å²) in [6.07, 6.45) is 4.83. The monoisotopic (exact) mass is 320 g/mol. The van der Waals surface area contributed by atoms with Gasteiger partial charge in [-0.2, -0.15) is 0 Å². The van der Waals surface area contributed by atoms with Crippen LogP contribution in [0.1, 0.15) is 24.5 Å². The van der Waals surface area contributed by atoms with Gasteiger partial charge in [0.2, 0.25) is 0 Å². The van der Waals surface area contributed by atoms with Crippen molar-refractivity contribution < 1.29 is 4.39 Å². The van der Waals surface area contributed by atoms with Gasteiger partial charge in [0, 0.05) is 36.3 Å². The van der Waals surface area contributed by atoms with Gasteiger partial charge in [0.15, 0.2) is 0 Å². The van der Waals surface area contributed by atoms with Gasteiger partial charge < -0.3 is 0 Å². The molecule has 2 nitrogen and oxygen atoms in total. The number of fused-ring (bicyclic) bond motifs is 1. The van der Waals surface area contributed by atoms with Crippen LogP contribution in [0, 0.1) is 5.82 Å². The normalized spacial score (nSPS) is 21.4. The van der Waals surface area contributed by atoms with Crippen molar-refractivity contribution in [2.24, 2.45) is 0 Å². The van der Waals surface area contributed by atoms with Crippen molar-refractivity contribution in [2.75, 3.05) is 13.1 Å². The van der Waals surface area contributed by atoms with E-state index in [1.54, 1.807) is 6.07 Å². The summed E-state index contributed by atoms with van der Waals surface area (Å²) in [5.74, 6) is -0.145. The minimum Gasteiger partial charge on any atom is -0.298 e. The zero-order valence-electron chi connectivity index (χ0n) is 13.9. The first kappa shape index (κ1) is 15.3. The first-order chi connectivity index (χ1) is 11.6. The number of hydrogen-bond donors (Lipinski definition) is 0. The molecule has 4 rings (SSSR count). The molecule has 0 radical (unpaired) electrons. The molecule has 1 aliphatic rings. The molecule has 0 saturated carbocycles. The number of rotatable bonds is 3. The van der Waals surface area contributed by atoms with Crippen LogP contribution >= 0.6 is 0 Å². The van der Waals surface area contributed by atoms with Gasteiger partial charge in [0.25, 0.3) is 0 Å². The fraction of sp³-hybridized carbons (Fsp3) is 0.286. The molecule has 1 aliphatic heterocycles. The van der Waals surface area contributed by atoms with Crippen molar-refractivity contribution in [1.29, 1.82) is 0 Å². The van der Waals surface area contributed by atoms with Crippen LogP contribution in [0.25, 0.3) is 10.8 Å².